The summed E-state index contributed by atoms with van der Waals surface area (Å²) in [6.45, 7) is 10.5. The van der Waals surface area contributed by atoms with Gasteiger partial charge in [0.2, 0.25) is 0 Å². The van der Waals surface area contributed by atoms with E-state index >= 15 is 0 Å². The molecular formula is C10H21NS. The van der Waals surface area contributed by atoms with E-state index in [0.29, 0.717) is 10.8 Å². The Morgan fingerprint density at radius 1 is 1.42 bits per heavy atom. The van der Waals surface area contributed by atoms with Gasteiger partial charge in [0.1, 0.15) is 0 Å². The summed E-state index contributed by atoms with van der Waals surface area (Å²) in [7, 11) is 0. The number of hydrogen-bond acceptors (Lipinski definition) is 2. The van der Waals surface area contributed by atoms with Crippen LogP contribution in [0.15, 0.2) is 0 Å². The minimum atomic E-state index is 0.464. The summed E-state index contributed by atoms with van der Waals surface area (Å²) in [6, 6.07) is 0. The van der Waals surface area contributed by atoms with Gasteiger partial charge in [-0.15, -0.1) is 11.8 Å². The van der Waals surface area contributed by atoms with Gasteiger partial charge in [0.25, 0.3) is 0 Å². The van der Waals surface area contributed by atoms with Crippen LogP contribution in [0.1, 0.15) is 34.1 Å². The van der Waals surface area contributed by atoms with Gasteiger partial charge in [-0.1, -0.05) is 27.7 Å². The summed E-state index contributed by atoms with van der Waals surface area (Å²) in [5, 5.41) is 4.28. The van der Waals surface area contributed by atoms with Crippen LogP contribution in [0.4, 0.5) is 0 Å². The molecule has 0 saturated carbocycles. The number of nitrogens with one attached hydrogen (secondary N) is 1. The first-order chi connectivity index (χ1) is 5.47. The predicted octanol–water partition coefficient (Wildman–Crippen LogP) is 2.72. The molecule has 2 atom stereocenters. The molecule has 1 saturated heterocycles. The average molecular weight is 187 g/mol. The zero-order valence-electron chi connectivity index (χ0n) is 8.68. The maximum absolute atomic E-state index is 3.59. The van der Waals surface area contributed by atoms with Crippen molar-refractivity contribution >= 4 is 11.8 Å². The van der Waals surface area contributed by atoms with Gasteiger partial charge in [0.15, 0.2) is 0 Å². The third-order valence-electron chi connectivity index (χ3n) is 2.07. The molecular weight excluding hydrogens is 166 g/mol. The lowest BCUT2D eigenvalue weighted by Crippen LogP contribution is -2.38. The molecule has 2 unspecified atom stereocenters. The maximum atomic E-state index is 3.59. The Balaban J connectivity index is 2.26. The first-order valence-corrected chi connectivity index (χ1v) is 5.87. The van der Waals surface area contributed by atoms with Gasteiger partial charge in [-0.25, -0.2) is 0 Å². The van der Waals surface area contributed by atoms with Crippen LogP contribution in [0.25, 0.3) is 0 Å². The molecule has 1 fully saturated rings. The first kappa shape index (κ1) is 10.4. The van der Waals surface area contributed by atoms with Gasteiger partial charge in [-0.2, -0.15) is 0 Å². The van der Waals surface area contributed by atoms with E-state index in [1.54, 1.807) is 0 Å². The Hall–Kier alpha value is 0.310. The molecule has 1 N–H and O–H groups in total. The quantitative estimate of drug-likeness (QED) is 0.677. The summed E-state index contributed by atoms with van der Waals surface area (Å²) < 4.78 is 0. The van der Waals surface area contributed by atoms with E-state index in [4.69, 9.17) is 0 Å². The first-order valence-electron chi connectivity index (χ1n) is 4.82. The second-order valence-corrected chi connectivity index (χ2v) is 6.34. The molecule has 1 nitrogen and oxygen atoms in total. The van der Waals surface area contributed by atoms with Crippen molar-refractivity contribution in [3.8, 4) is 0 Å². The molecule has 0 amide bonds. The van der Waals surface area contributed by atoms with Crippen molar-refractivity contribution in [3.05, 3.63) is 0 Å². The second-order valence-electron chi connectivity index (χ2n) is 5.10. The van der Waals surface area contributed by atoms with E-state index in [0.717, 1.165) is 5.92 Å². The molecule has 0 aromatic carbocycles. The number of hydrogen-bond donors (Lipinski definition) is 1. The highest BCUT2D eigenvalue weighted by Crippen LogP contribution is 2.29. The van der Waals surface area contributed by atoms with E-state index in [1.807, 2.05) is 0 Å². The fourth-order valence-corrected chi connectivity index (χ4v) is 2.93. The van der Waals surface area contributed by atoms with Crippen molar-refractivity contribution in [2.75, 3.05) is 12.3 Å². The van der Waals surface area contributed by atoms with Crippen molar-refractivity contribution in [2.45, 2.75) is 39.5 Å². The Kier molecular flexibility index (Phi) is 3.47. The summed E-state index contributed by atoms with van der Waals surface area (Å²) in [5.41, 5.74) is 0.464. The zero-order chi connectivity index (χ0) is 9.19. The molecule has 2 heteroatoms. The molecule has 0 spiro atoms. The Bertz CT molecular complexity index is 131. The molecule has 1 heterocycles. The Labute approximate surface area is 80.7 Å². The van der Waals surface area contributed by atoms with Crippen LogP contribution in [-0.2, 0) is 0 Å². The SMILES string of the molecule is CC1CNC(CC(C)(C)C)SC1. The molecule has 72 valence electrons. The highest BCUT2D eigenvalue weighted by Gasteiger charge is 2.22. The fourth-order valence-electron chi connectivity index (χ4n) is 1.42. The summed E-state index contributed by atoms with van der Waals surface area (Å²) in [6.07, 6.45) is 1.28. The second kappa shape index (κ2) is 4.01. The smallest absolute Gasteiger partial charge is 0.0537 e. The number of rotatable bonds is 1. The van der Waals surface area contributed by atoms with Crippen LogP contribution >= 0.6 is 11.8 Å². The van der Waals surface area contributed by atoms with Crippen molar-refractivity contribution < 1.29 is 0 Å². The van der Waals surface area contributed by atoms with Crippen molar-refractivity contribution in [1.29, 1.82) is 0 Å². The summed E-state index contributed by atoms with van der Waals surface area (Å²) >= 11 is 2.09. The van der Waals surface area contributed by atoms with Crippen LogP contribution in [-0.4, -0.2) is 17.7 Å². The zero-order valence-corrected chi connectivity index (χ0v) is 9.50. The van der Waals surface area contributed by atoms with E-state index in [-0.39, 0.29) is 0 Å². The molecule has 12 heavy (non-hydrogen) atoms. The van der Waals surface area contributed by atoms with Crippen LogP contribution < -0.4 is 5.32 Å². The topological polar surface area (TPSA) is 12.0 Å². The lowest BCUT2D eigenvalue weighted by molar-refractivity contribution is 0.342. The summed E-state index contributed by atoms with van der Waals surface area (Å²) in [5.74, 6) is 2.18. The minimum Gasteiger partial charge on any atom is -0.305 e. The van der Waals surface area contributed by atoms with Gasteiger partial charge in [0, 0.05) is 0 Å². The number of thioether (sulfide) groups is 1. The normalized spacial score (nSPS) is 32.0. The highest BCUT2D eigenvalue weighted by atomic mass is 32.2. The Morgan fingerprint density at radius 2 is 2.08 bits per heavy atom. The lowest BCUT2D eigenvalue weighted by Gasteiger charge is -2.31. The largest absolute Gasteiger partial charge is 0.305 e. The average Bonchev–Trinajstić information content (AvgIpc) is 1.91. The van der Waals surface area contributed by atoms with Crippen molar-refractivity contribution in [2.24, 2.45) is 11.3 Å². The third-order valence-corrected chi connectivity index (χ3v) is 3.57. The molecule has 0 aromatic rings. The van der Waals surface area contributed by atoms with Gasteiger partial charge in [-0.05, 0) is 30.1 Å². The highest BCUT2D eigenvalue weighted by molar-refractivity contribution is 7.99. The molecule has 0 aromatic heterocycles. The van der Waals surface area contributed by atoms with Crippen LogP contribution in [0.3, 0.4) is 0 Å². The monoisotopic (exact) mass is 187 g/mol. The minimum absolute atomic E-state index is 0.464. The Morgan fingerprint density at radius 3 is 2.50 bits per heavy atom. The van der Waals surface area contributed by atoms with Gasteiger partial charge >= 0.3 is 0 Å². The molecule has 0 aliphatic carbocycles. The lowest BCUT2D eigenvalue weighted by atomic mass is 9.92. The maximum Gasteiger partial charge on any atom is 0.0537 e. The summed E-state index contributed by atoms with van der Waals surface area (Å²) in [4.78, 5) is 0. The van der Waals surface area contributed by atoms with Gasteiger partial charge < -0.3 is 5.32 Å². The standard InChI is InChI=1S/C10H21NS/c1-8-6-11-9(12-7-8)5-10(2,3)4/h8-9,11H,5-7H2,1-4H3. The molecule has 1 aliphatic heterocycles. The predicted molar refractivity (Wildman–Crippen MR) is 57.5 cm³/mol. The molecule has 1 aliphatic rings. The van der Waals surface area contributed by atoms with E-state index in [2.05, 4.69) is 44.8 Å². The van der Waals surface area contributed by atoms with E-state index in [1.165, 1.54) is 18.7 Å². The van der Waals surface area contributed by atoms with E-state index < -0.39 is 0 Å². The molecule has 0 radical (unpaired) electrons. The van der Waals surface area contributed by atoms with Crippen LogP contribution in [0.5, 0.6) is 0 Å². The van der Waals surface area contributed by atoms with Crippen molar-refractivity contribution in [3.63, 3.8) is 0 Å². The fraction of sp³-hybridized carbons (Fsp3) is 1.00. The molecule has 0 bridgehead atoms. The van der Waals surface area contributed by atoms with E-state index in [9.17, 15) is 0 Å². The van der Waals surface area contributed by atoms with Gasteiger partial charge in [-0.3, -0.25) is 0 Å². The van der Waals surface area contributed by atoms with Crippen LogP contribution in [0, 0.1) is 11.3 Å². The molecule has 1 rings (SSSR count). The van der Waals surface area contributed by atoms with Gasteiger partial charge in [0.05, 0.1) is 5.37 Å². The van der Waals surface area contributed by atoms with Crippen LogP contribution in [0.2, 0.25) is 0 Å². The third kappa shape index (κ3) is 3.81. The van der Waals surface area contributed by atoms with Crippen molar-refractivity contribution in [1.82, 2.24) is 5.32 Å².